The van der Waals surface area contributed by atoms with Crippen molar-refractivity contribution in [2.45, 2.75) is 44.2 Å². The van der Waals surface area contributed by atoms with Gasteiger partial charge in [0.15, 0.2) is 0 Å². The highest BCUT2D eigenvalue weighted by atomic mass is 15.2. The summed E-state index contributed by atoms with van der Waals surface area (Å²) >= 11 is 0. The average molecular weight is 209 g/mol. The monoisotopic (exact) mass is 209 g/mol. The molecular formula is C12H23N3. The molecule has 2 aliphatic rings. The summed E-state index contributed by atoms with van der Waals surface area (Å²) in [5.41, 5.74) is 0. The van der Waals surface area contributed by atoms with Gasteiger partial charge in [-0.15, -0.1) is 0 Å². The molecule has 86 valence electrons. The van der Waals surface area contributed by atoms with Crippen LogP contribution in [0.15, 0.2) is 4.99 Å². The molecule has 0 amide bonds. The first kappa shape index (κ1) is 10.9. The van der Waals surface area contributed by atoms with Crippen LogP contribution in [-0.4, -0.2) is 55.4 Å². The Hall–Kier alpha value is -0.570. The summed E-state index contributed by atoms with van der Waals surface area (Å²) in [6.45, 7) is 2.25. The highest BCUT2D eigenvalue weighted by molar-refractivity contribution is 5.56. The minimum atomic E-state index is 0.769. The van der Waals surface area contributed by atoms with Gasteiger partial charge in [0.05, 0.1) is 6.34 Å². The molecule has 0 saturated heterocycles. The fraction of sp³-hybridized carbons (Fsp3) is 0.917. The minimum absolute atomic E-state index is 0.769. The van der Waals surface area contributed by atoms with E-state index in [4.69, 9.17) is 0 Å². The third-order valence-corrected chi connectivity index (χ3v) is 3.80. The van der Waals surface area contributed by atoms with Crippen molar-refractivity contribution in [1.82, 2.24) is 9.80 Å². The SMILES string of the molecule is CN(C)C1CCC(N2C=NCCC2)CC1. The Bertz CT molecular complexity index is 217. The van der Waals surface area contributed by atoms with E-state index >= 15 is 0 Å². The van der Waals surface area contributed by atoms with Gasteiger partial charge in [-0.1, -0.05) is 0 Å². The number of hydrogen-bond donors (Lipinski definition) is 0. The van der Waals surface area contributed by atoms with Crippen LogP contribution >= 0.6 is 0 Å². The van der Waals surface area contributed by atoms with E-state index in [0.717, 1.165) is 18.6 Å². The molecule has 2 rings (SSSR count). The van der Waals surface area contributed by atoms with E-state index in [-0.39, 0.29) is 0 Å². The number of rotatable bonds is 2. The van der Waals surface area contributed by atoms with Gasteiger partial charge in [0.2, 0.25) is 0 Å². The predicted molar refractivity (Wildman–Crippen MR) is 64.4 cm³/mol. The van der Waals surface area contributed by atoms with E-state index in [0.29, 0.717) is 0 Å². The lowest BCUT2D eigenvalue weighted by Crippen LogP contribution is -2.43. The first-order valence-corrected chi connectivity index (χ1v) is 6.19. The van der Waals surface area contributed by atoms with Crippen molar-refractivity contribution >= 4 is 6.34 Å². The molecule has 0 aromatic carbocycles. The van der Waals surface area contributed by atoms with Gasteiger partial charge in [-0.25, -0.2) is 0 Å². The highest BCUT2D eigenvalue weighted by Gasteiger charge is 2.25. The zero-order chi connectivity index (χ0) is 10.7. The molecule has 1 aliphatic carbocycles. The van der Waals surface area contributed by atoms with Crippen LogP contribution in [0.3, 0.4) is 0 Å². The van der Waals surface area contributed by atoms with E-state index in [1.165, 1.54) is 38.6 Å². The predicted octanol–water partition coefficient (Wildman–Crippen LogP) is 1.59. The maximum atomic E-state index is 4.38. The lowest BCUT2D eigenvalue weighted by atomic mass is 9.89. The van der Waals surface area contributed by atoms with Crippen molar-refractivity contribution < 1.29 is 0 Å². The van der Waals surface area contributed by atoms with Crippen LogP contribution in [0, 0.1) is 0 Å². The first-order valence-electron chi connectivity index (χ1n) is 6.19. The van der Waals surface area contributed by atoms with E-state index in [1.54, 1.807) is 0 Å². The van der Waals surface area contributed by atoms with E-state index in [9.17, 15) is 0 Å². The lowest BCUT2D eigenvalue weighted by Gasteiger charge is -2.38. The summed E-state index contributed by atoms with van der Waals surface area (Å²) < 4.78 is 0. The van der Waals surface area contributed by atoms with Gasteiger partial charge in [-0.05, 0) is 46.2 Å². The zero-order valence-corrected chi connectivity index (χ0v) is 10.0. The molecule has 3 nitrogen and oxygen atoms in total. The second-order valence-electron chi connectivity index (χ2n) is 5.04. The molecule has 1 heterocycles. The van der Waals surface area contributed by atoms with Crippen LogP contribution in [0.25, 0.3) is 0 Å². The van der Waals surface area contributed by atoms with Gasteiger partial charge in [0, 0.05) is 25.2 Å². The Labute approximate surface area is 93.2 Å². The van der Waals surface area contributed by atoms with Gasteiger partial charge >= 0.3 is 0 Å². The number of hydrogen-bond acceptors (Lipinski definition) is 3. The Balaban J connectivity index is 1.82. The molecule has 1 saturated carbocycles. The molecule has 0 N–H and O–H groups in total. The average Bonchev–Trinajstić information content (AvgIpc) is 2.30. The smallest absolute Gasteiger partial charge is 0.0852 e. The van der Waals surface area contributed by atoms with Crippen molar-refractivity contribution in [2.24, 2.45) is 4.99 Å². The molecular weight excluding hydrogens is 186 g/mol. The standard InChI is InChI=1S/C12H23N3/c1-14(2)11-4-6-12(7-5-11)15-9-3-8-13-10-15/h10-12H,3-9H2,1-2H3. The van der Waals surface area contributed by atoms with Crippen molar-refractivity contribution in [1.29, 1.82) is 0 Å². The molecule has 0 spiro atoms. The summed E-state index contributed by atoms with van der Waals surface area (Å²) in [4.78, 5) is 9.22. The van der Waals surface area contributed by atoms with Crippen LogP contribution in [0.5, 0.6) is 0 Å². The van der Waals surface area contributed by atoms with E-state index in [2.05, 4.69) is 35.2 Å². The number of nitrogens with zero attached hydrogens (tertiary/aromatic N) is 3. The highest BCUT2D eigenvalue weighted by Crippen LogP contribution is 2.25. The molecule has 0 bridgehead atoms. The third kappa shape index (κ3) is 2.71. The van der Waals surface area contributed by atoms with Gasteiger partial charge in [0.25, 0.3) is 0 Å². The maximum Gasteiger partial charge on any atom is 0.0852 e. The molecule has 0 aromatic heterocycles. The van der Waals surface area contributed by atoms with Crippen molar-refractivity contribution in [3.05, 3.63) is 0 Å². The quantitative estimate of drug-likeness (QED) is 0.688. The summed E-state index contributed by atoms with van der Waals surface area (Å²) in [6.07, 6.45) is 8.71. The van der Waals surface area contributed by atoms with Crippen molar-refractivity contribution in [3.8, 4) is 0 Å². The molecule has 1 aliphatic heterocycles. The normalized spacial score (nSPS) is 32.3. The van der Waals surface area contributed by atoms with Gasteiger partial charge in [-0.3, -0.25) is 4.99 Å². The Morgan fingerprint density at radius 2 is 1.93 bits per heavy atom. The maximum absolute atomic E-state index is 4.38. The van der Waals surface area contributed by atoms with Crippen molar-refractivity contribution in [2.75, 3.05) is 27.2 Å². The second kappa shape index (κ2) is 4.97. The Morgan fingerprint density at radius 3 is 2.47 bits per heavy atom. The topological polar surface area (TPSA) is 18.8 Å². The van der Waals surface area contributed by atoms with Crippen LogP contribution in [0.4, 0.5) is 0 Å². The summed E-state index contributed by atoms with van der Waals surface area (Å²) in [5.74, 6) is 0. The van der Waals surface area contributed by atoms with Gasteiger partial charge < -0.3 is 9.80 Å². The van der Waals surface area contributed by atoms with Crippen LogP contribution < -0.4 is 0 Å². The largest absolute Gasteiger partial charge is 0.360 e. The lowest BCUT2D eigenvalue weighted by molar-refractivity contribution is 0.163. The van der Waals surface area contributed by atoms with E-state index < -0.39 is 0 Å². The third-order valence-electron chi connectivity index (χ3n) is 3.80. The summed E-state index contributed by atoms with van der Waals surface area (Å²) in [5, 5.41) is 0. The van der Waals surface area contributed by atoms with Crippen LogP contribution in [0.2, 0.25) is 0 Å². The summed E-state index contributed by atoms with van der Waals surface area (Å²) in [6, 6.07) is 1.58. The summed E-state index contributed by atoms with van der Waals surface area (Å²) in [7, 11) is 4.40. The fourth-order valence-corrected chi connectivity index (χ4v) is 2.75. The van der Waals surface area contributed by atoms with Crippen LogP contribution in [0.1, 0.15) is 32.1 Å². The number of aliphatic imine (C=N–C) groups is 1. The molecule has 0 radical (unpaired) electrons. The Morgan fingerprint density at radius 1 is 1.20 bits per heavy atom. The Kier molecular flexibility index (Phi) is 3.62. The van der Waals surface area contributed by atoms with E-state index in [1.807, 2.05) is 0 Å². The molecule has 0 atom stereocenters. The van der Waals surface area contributed by atoms with Gasteiger partial charge in [-0.2, -0.15) is 0 Å². The van der Waals surface area contributed by atoms with Crippen molar-refractivity contribution in [3.63, 3.8) is 0 Å². The molecule has 0 unspecified atom stereocenters. The second-order valence-corrected chi connectivity index (χ2v) is 5.04. The zero-order valence-electron chi connectivity index (χ0n) is 10.0. The molecule has 1 fully saturated rings. The van der Waals surface area contributed by atoms with Gasteiger partial charge in [0.1, 0.15) is 0 Å². The molecule has 3 heteroatoms. The first-order chi connectivity index (χ1) is 7.27. The molecule has 0 aromatic rings. The van der Waals surface area contributed by atoms with Crippen LogP contribution in [-0.2, 0) is 0 Å². The minimum Gasteiger partial charge on any atom is -0.360 e. The fourth-order valence-electron chi connectivity index (χ4n) is 2.75. The molecule has 15 heavy (non-hydrogen) atoms.